The number of anilines is 1. The minimum Gasteiger partial charge on any atom is -0.465 e. The number of rotatable bonds is 9. The number of furan rings is 1. The summed E-state index contributed by atoms with van der Waals surface area (Å²) in [6.45, 7) is 1.04. The number of hydrogen-bond donors (Lipinski definition) is 1. The number of benzene rings is 1. The number of carbonyl (C=O) groups excluding carboxylic acids is 2. The summed E-state index contributed by atoms with van der Waals surface area (Å²) in [5.41, 5.74) is 1.13. The molecule has 25 heavy (non-hydrogen) atoms. The fourth-order valence-electron chi connectivity index (χ4n) is 2.13. The zero-order chi connectivity index (χ0) is 17.9. The zero-order valence-electron chi connectivity index (χ0n) is 14.2. The van der Waals surface area contributed by atoms with Gasteiger partial charge in [-0.3, -0.25) is 4.79 Å². The number of carbonyl (C=O) groups is 2. The van der Waals surface area contributed by atoms with Crippen molar-refractivity contribution in [1.82, 2.24) is 5.32 Å². The highest BCUT2D eigenvalue weighted by Gasteiger charge is 2.05. The molecule has 0 radical (unpaired) electrons. The van der Waals surface area contributed by atoms with Gasteiger partial charge >= 0.3 is 5.97 Å². The van der Waals surface area contributed by atoms with E-state index in [4.69, 9.17) is 9.15 Å². The van der Waals surface area contributed by atoms with Crippen LogP contribution in [-0.2, 0) is 14.3 Å². The smallest absolute Gasteiger partial charge is 0.331 e. The predicted octanol–water partition coefficient (Wildman–Crippen LogP) is 2.48. The van der Waals surface area contributed by atoms with E-state index in [0.29, 0.717) is 12.3 Å². The molecular formula is C19H22N2O4. The van der Waals surface area contributed by atoms with Crippen molar-refractivity contribution in [1.29, 1.82) is 0 Å². The third-order valence-electron chi connectivity index (χ3n) is 3.46. The van der Waals surface area contributed by atoms with Crippen LogP contribution in [0, 0.1) is 0 Å². The van der Waals surface area contributed by atoms with Crippen LogP contribution in [0.1, 0.15) is 12.2 Å². The molecule has 2 aromatic rings. The minimum absolute atomic E-state index is 0.296. The highest BCUT2D eigenvalue weighted by atomic mass is 16.5. The van der Waals surface area contributed by atoms with Crippen molar-refractivity contribution < 1.29 is 18.7 Å². The molecule has 0 bridgehead atoms. The van der Waals surface area contributed by atoms with Gasteiger partial charge in [0.15, 0.2) is 6.61 Å². The molecule has 1 heterocycles. The molecule has 1 aromatic heterocycles. The number of nitrogens with zero attached hydrogens (tertiary/aromatic N) is 1. The lowest BCUT2D eigenvalue weighted by atomic mass is 10.3. The summed E-state index contributed by atoms with van der Waals surface area (Å²) in [7, 11) is 2.00. The van der Waals surface area contributed by atoms with E-state index in [9.17, 15) is 9.59 Å². The summed E-state index contributed by atoms with van der Waals surface area (Å²) in [6, 6.07) is 13.5. The van der Waals surface area contributed by atoms with E-state index in [1.165, 1.54) is 18.4 Å². The van der Waals surface area contributed by atoms with Gasteiger partial charge in [-0.15, -0.1) is 0 Å². The van der Waals surface area contributed by atoms with Crippen LogP contribution in [0.15, 0.2) is 59.2 Å². The molecule has 0 saturated heterocycles. The maximum atomic E-state index is 11.7. The number of nitrogens with one attached hydrogen (secondary N) is 1. The van der Waals surface area contributed by atoms with Crippen molar-refractivity contribution in [2.45, 2.75) is 6.42 Å². The minimum atomic E-state index is -0.588. The Labute approximate surface area is 147 Å². The van der Waals surface area contributed by atoms with E-state index in [2.05, 4.69) is 10.2 Å². The van der Waals surface area contributed by atoms with E-state index < -0.39 is 5.97 Å². The number of para-hydroxylation sites is 1. The van der Waals surface area contributed by atoms with Crippen molar-refractivity contribution in [3.05, 3.63) is 60.6 Å². The molecule has 2 rings (SSSR count). The van der Waals surface area contributed by atoms with Gasteiger partial charge in [-0.1, -0.05) is 18.2 Å². The number of hydrogen-bond acceptors (Lipinski definition) is 5. The van der Waals surface area contributed by atoms with Crippen LogP contribution in [0.5, 0.6) is 0 Å². The average molecular weight is 342 g/mol. The lowest BCUT2D eigenvalue weighted by molar-refractivity contribution is -0.143. The van der Waals surface area contributed by atoms with Crippen molar-refractivity contribution >= 4 is 23.6 Å². The predicted molar refractivity (Wildman–Crippen MR) is 96.0 cm³/mol. The van der Waals surface area contributed by atoms with Gasteiger partial charge < -0.3 is 19.4 Å². The average Bonchev–Trinajstić information content (AvgIpc) is 3.16. The summed E-state index contributed by atoms with van der Waals surface area (Å²) in [5, 5.41) is 2.73. The fraction of sp³-hybridized carbons (Fsp3) is 0.263. The zero-order valence-corrected chi connectivity index (χ0v) is 14.2. The Kier molecular flexibility index (Phi) is 7.31. The molecule has 0 spiro atoms. The highest BCUT2D eigenvalue weighted by Crippen LogP contribution is 2.10. The van der Waals surface area contributed by atoms with Crippen LogP contribution in [0.2, 0.25) is 0 Å². The molecule has 1 amide bonds. The van der Waals surface area contributed by atoms with Crippen LogP contribution in [0.25, 0.3) is 6.08 Å². The lowest BCUT2D eigenvalue weighted by Gasteiger charge is -2.19. The monoisotopic (exact) mass is 342 g/mol. The van der Waals surface area contributed by atoms with E-state index in [1.807, 2.05) is 37.4 Å². The van der Waals surface area contributed by atoms with Gasteiger partial charge in [-0.2, -0.15) is 0 Å². The van der Waals surface area contributed by atoms with Crippen LogP contribution in [0.3, 0.4) is 0 Å². The highest BCUT2D eigenvalue weighted by molar-refractivity contribution is 5.88. The molecule has 0 aliphatic carbocycles. The van der Waals surface area contributed by atoms with Crippen LogP contribution < -0.4 is 10.2 Å². The Morgan fingerprint density at radius 1 is 1.20 bits per heavy atom. The van der Waals surface area contributed by atoms with Crippen molar-refractivity contribution in [2.24, 2.45) is 0 Å². The maximum absolute atomic E-state index is 11.7. The Morgan fingerprint density at radius 3 is 2.72 bits per heavy atom. The molecule has 1 aromatic carbocycles. The van der Waals surface area contributed by atoms with Crippen molar-refractivity contribution in [3.8, 4) is 0 Å². The Bertz CT molecular complexity index is 681. The molecule has 0 aliphatic heterocycles. The van der Waals surface area contributed by atoms with Gasteiger partial charge in [0.05, 0.1) is 6.26 Å². The van der Waals surface area contributed by atoms with Crippen LogP contribution in [0.4, 0.5) is 5.69 Å². The third-order valence-corrected chi connectivity index (χ3v) is 3.46. The van der Waals surface area contributed by atoms with Gasteiger partial charge in [0.25, 0.3) is 5.91 Å². The number of esters is 1. The first kappa shape index (κ1) is 18.3. The third kappa shape index (κ3) is 6.95. The van der Waals surface area contributed by atoms with E-state index in [0.717, 1.165) is 18.7 Å². The SMILES string of the molecule is CN(CCCNC(=O)COC(=O)/C=C/c1ccco1)c1ccccc1. The molecule has 132 valence electrons. The molecule has 0 fully saturated rings. The normalized spacial score (nSPS) is 10.6. The Hall–Kier alpha value is -3.02. The van der Waals surface area contributed by atoms with Gasteiger partial charge in [-0.25, -0.2) is 4.79 Å². The standard InChI is InChI=1S/C19H22N2O4/c1-21(16-7-3-2-4-8-16)13-6-12-20-18(22)15-25-19(23)11-10-17-9-5-14-24-17/h2-5,7-11,14H,6,12-13,15H2,1H3,(H,20,22)/b11-10+. The molecule has 0 atom stereocenters. The van der Waals surface area contributed by atoms with Gasteiger partial charge in [0.2, 0.25) is 0 Å². The van der Waals surface area contributed by atoms with E-state index >= 15 is 0 Å². The summed E-state index contributed by atoms with van der Waals surface area (Å²) < 4.78 is 9.91. The molecular weight excluding hydrogens is 320 g/mol. The van der Waals surface area contributed by atoms with Gasteiger partial charge in [0.1, 0.15) is 5.76 Å². The summed E-state index contributed by atoms with van der Waals surface area (Å²) in [4.78, 5) is 25.2. The molecule has 0 unspecified atom stereocenters. The quantitative estimate of drug-likeness (QED) is 0.431. The number of amides is 1. The van der Waals surface area contributed by atoms with Crippen LogP contribution in [-0.4, -0.2) is 38.6 Å². The first-order chi connectivity index (χ1) is 12.1. The van der Waals surface area contributed by atoms with Crippen LogP contribution >= 0.6 is 0 Å². The molecule has 0 saturated carbocycles. The molecule has 0 aliphatic rings. The first-order valence-corrected chi connectivity index (χ1v) is 8.06. The second-order valence-corrected chi connectivity index (χ2v) is 5.42. The van der Waals surface area contributed by atoms with Crippen molar-refractivity contribution in [3.63, 3.8) is 0 Å². The summed E-state index contributed by atoms with van der Waals surface area (Å²) in [5.74, 6) is -0.360. The number of ether oxygens (including phenoxy) is 1. The largest absolute Gasteiger partial charge is 0.465 e. The second kappa shape index (κ2) is 9.97. The maximum Gasteiger partial charge on any atom is 0.331 e. The first-order valence-electron chi connectivity index (χ1n) is 8.06. The second-order valence-electron chi connectivity index (χ2n) is 5.42. The summed E-state index contributed by atoms with van der Waals surface area (Å²) in [6.07, 6.45) is 5.01. The molecule has 1 N–H and O–H groups in total. The van der Waals surface area contributed by atoms with Gasteiger partial charge in [0, 0.05) is 31.9 Å². The summed E-state index contributed by atoms with van der Waals surface area (Å²) >= 11 is 0. The Morgan fingerprint density at radius 2 is 2.00 bits per heavy atom. The lowest BCUT2D eigenvalue weighted by Crippen LogP contribution is -2.31. The van der Waals surface area contributed by atoms with E-state index in [-0.39, 0.29) is 12.5 Å². The van der Waals surface area contributed by atoms with Crippen molar-refractivity contribution in [2.75, 3.05) is 31.6 Å². The fourth-order valence-corrected chi connectivity index (χ4v) is 2.13. The topological polar surface area (TPSA) is 71.8 Å². The molecule has 6 heteroatoms. The van der Waals surface area contributed by atoms with Gasteiger partial charge in [-0.05, 0) is 36.8 Å². The molecule has 6 nitrogen and oxygen atoms in total. The van der Waals surface area contributed by atoms with E-state index in [1.54, 1.807) is 12.1 Å². The Balaban J connectivity index is 1.57.